The Morgan fingerprint density at radius 1 is 1.07 bits per heavy atom. The van der Waals surface area contributed by atoms with Crippen molar-refractivity contribution in [2.75, 3.05) is 24.6 Å². The first-order valence-corrected chi connectivity index (χ1v) is 9.11. The molecule has 2 N–H and O–H groups in total. The molecule has 138 valence electrons. The molecule has 0 saturated carbocycles. The van der Waals surface area contributed by atoms with Gasteiger partial charge in [0.05, 0.1) is 18.4 Å². The maximum Gasteiger partial charge on any atom is 0.163 e. The zero-order valence-electron chi connectivity index (χ0n) is 14.5. The van der Waals surface area contributed by atoms with Gasteiger partial charge in [-0.2, -0.15) is 0 Å². The van der Waals surface area contributed by atoms with Crippen molar-refractivity contribution in [3.8, 4) is 22.6 Å². The van der Waals surface area contributed by atoms with Crippen LogP contribution in [-0.4, -0.2) is 51.0 Å². The molecule has 3 aromatic rings. The van der Waals surface area contributed by atoms with E-state index in [1.54, 1.807) is 12.4 Å². The van der Waals surface area contributed by atoms with Crippen molar-refractivity contribution < 1.29 is 10.2 Å². The van der Waals surface area contributed by atoms with Gasteiger partial charge in [0, 0.05) is 53.6 Å². The summed E-state index contributed by atoms with van der Waals surface area (Å²) in [5.74, 6) is 1.09. The second-order valence-electron chi connectivity index (χ2n) is 6.60. The van der Waals surface area contributed by atoms with E-state index in [4.69, 9.17) is 16.6 Å². The van der Waals surface area contributed by atoms with E-state index in [-0.39, 0.29) is 12.5 Å². The summed E-state index contributed by atoms with van der Waals surface area (Å²) in [6, 6.07) is 13.1. The van der Waals surface area contributed by atoms with E-state index >= 15 is 0 Å². The number of aromatic nitrogens is 3. The topological polar surface area (TPSA) is 82.4 Å². The molecule has 4 rings (SSSR count). The van der Waals surface area contributed by atoms with Crippen LogP contribution in [0.15, 0.2) is 54.9 Å². The van der Waals surface area contributed by atoms with E-state index in [1.165, 1.54) is 0 Å². The van der Waals surface area contributed by atoms with Crippen molar-refractivity contribution in [1.29, 1.82) is 0 Å². The average Bonchev–Trinajstić information content (AvgIpc) is 3.10. The van der Waals surface area contributed by atoms with Crippen LogP contribution in [0.4, 0.5) is 5.82 Å². The van der Waals surface area contributed by atoms with Crippen LogP contribution in [-0.2, 0) is 0 Å². The van der Waals surface area contributed by atoms with Gasteiger partial charge in [0.2, 0.25) is 0 Å². The Kier molecular flexibility index (Phi) is 5.03. The normalized spacial score (nSPS) is 19.4. The third-order valence-electron chi connectivity index (χ3n) is 4.74. The van der Waals surface area contributed by atoms with Gasteiger partial charge in [0.15, 0.2) is 5.82 Å². The minimum Gasteiger partial charge on any atom is -0.396 e. The van der Waals surface area contributed by atoms with Crippen molar-refractivity contribution in [2.45, 2.75) is 6.10 Å². The minimum absolute atomic E-state index is 0.0533. The van der Waals surface area contributed by atoms with Gasteiger partial charge in [0.25, 0.3) is 0 Å². The molecule has 2 aromatic heterocycles. The largest absolute Gasteiger partial charge is 0.396 e. The number of anilines is 1. The summed E-state index contributed by atoms with van der Waals surface area (Å²) in [6.45, 7) is 0.915. The highest BCUT2D eigenvalue weighted by molar-refractivity contribution is 6.30. The molecule has 27 heavy (non-hydrogen) atoms. The molecular weight excluding hydrogens is 364 g/mol. The molecule has 1 aliphatic heterocycles. The summed E-state index contributed by atoms with van der Waals surface area (Å²) >= 11 is 6.01. The van der Waals surface area contributed by atoms with Gasteiger partial charge in [-0.25, -0.2) is 9.97 Å². The highest BCUT2D eigenvalue weighted by Gasteiger charge is 2.32. The SMILES string of the molecule is OC[C@H]1CN(c2cc(-c3ccc(Cl)cc3)nc(-c3cccnc3)n2)C[C@@H]1O. The number of pyridine rings is 1. The maximum atomic E-state index is 10.2. The van der Waals surface area contributed by atoms with Gasteiger partial charge in [-0.05, 0) is 24.3 Å². The molecule has 6 nitrogen and oxygen atoms in total. The number of hydrogen-bond donors (Lipinski definition) is 2. The molecule has 1 fully saturated rings. The molecule has 1 aromatic carbocycles. The number of aliphatic hydroxyl groups excluding tert-OH is 2. The number of nitrogens with zero attached hydrogens (tertiary/aromatic N) is 4. The molecular formula is C20H19ClN4O2. The molecule has 0 bridgehead atoms. The van der Waals surface area contributed by atoms with E-state index in [0.29, 0.717) is 29.8 Å². The third kappa shape index (κ3) is 3.78. The molecule has 3 heterocycles. The van der Waals surface area contributed by atoms with Crippen molar-refractivity contribution in [3.05, 3.63) is 59.9 Å². The van der Waals surface area contributed by atoms with Crippen LogP contribution in [0.5, 0.6) is 0 Å². The van der Waals surface area contributed by atoms with Gasteiger partial charge in [-0.15, -0.1) is 0 Å². The van der Waals surface area contributed by atoms with Gasteiger partial charge < -0.3 is 15.1 Å². The fourth-order valence-corrected chi connectivity index (χ4v) is 3.34. The lowest BCUT2D eigenvalue weighted by Crippen LogP contribution is -2.22. The molecule has 0 amide bonds. The van der Waals surface area contributed by atoms with Crippen molar-refractivity contribution >= 4 is 17.4 Å². The predicted octanol–water partition coefficient (Wildman–Crippen LogP) is 2.65. The summed E-state index contributed by atoms with van der Waals surface area (Å²) in [4.78, 5) is 15.5. The van der Waals surface area contributed by atoms with Crippen LogP contribution in [0.25, 0.3) is 22.6 Å². The Hall–Kier alpha value is -2.54. The van der Waals surface area contributed by atoms with Crippen LogP contribution < -0.4 is 4.90 Å². The highest BCUT2D eigenvalue weighted by Crippen LogP contribution is 2.29. The Morgan fingerprint density at radius 3 is 2.56 bits per heavy atom. The molecule has 1 saturated heterocycles. The van der Waals surface area contributed by atoms with Crippen LogP contribution >= 0.6 is 11.6 Å². The fraction of sp³-hybridized carbons (Fsp3) is 0.250. The maximum absolute atomic E-state index is 10.2. The van der Waals surface area contributed by atoms with Gasteiger partial charge >= 0.3 is 0 Å². The Labute approximate surface area is 162 Å². The lowest BCUT2D eigenvalue weighted by molar-refractivity contribution is 0.104. The third-order valence-corrected chi connectivity index (χ3v) is 4.99. The number of aliphatic hydroxyl groups is 2. The standard InChI is InChI=1S/C20H19ClN4O2/c21-16-5-3-13(4-6-16)17-8-19(25-10-15(12-26)18(27)11-25)24-20(23-17)14-2-1-7-22-9-14/h1-9,15,18,26-27H,10-12H2/t15-,18+/m1/s1. The van der Waals surface area contributed by atoms with Crippen LogP contribution in [0.3, 0.4) is 0 Å². The predicted molar refractivity (Wildman–Crippen MR) is 105 cm³/mol. The van der Waals surface area contributed by atoms with Gasteiger partial charge in [0.1, 0.15) is 5.82 Å². The number of β-amino-alcohol motifs (C(OH)–C–C–N with tert-alkyl or cyclic N) is 1. The highest BCUT2D eigenvalue weighted by atomic mass is 35.5. The summed E-state index contributed by atoms with van der Waals surface area (Å²) < 4.78 is 0. The molecule has 0 spiro atoms. The number of rotatable bonds is 4. The monoisotopic (exact) mass is 382 g/mol. The summed E-state index contributed by atoms with van der Waals surface area (Å²) in [5, 5.41) is 20.3. The van der Waals surface area contributed by atoms with Crippen molar-refractivity contribution in [2.24, 2.45) is 5.92 Å². The summed E-state index contributed by atoms with van der Waals surface area (Å²) in [6.07, 6.45) is 2.85. The first kappa shape index (κ1) is 17.9. The Morgan fingerprint density at radius 2 is 1.89 bits per heavy atom. The lowest BCUT2D eigenvalue weighted by atomic mass is 10.1. The molecule has 2 atom stereocenters. The number of halogens is 1. The first-order chi connectivity index (χ1) is 13.1. The number of benzene rings is 1. The first-order valence-electron chi connectivity index (χ1n) is 8.73. The van der Waals surface area contributed by atoms with E-state index in [0.717, 1.165) is 16.8 Å². The van der Waals surface area contributed by atoms with Gasteiger partial charge in [-0.3, -0.25) is 4.98 Å². The van der Waals surface area contributed by atoms with Crippen LogP contribution in [0, 0.1) is 5.92 Å². The minimum atomic E-state index is -0.578. The second kappa shape index (κ2) is 7.60. The quantitative estimate of drug-likeness (QED) is 0.721. The zero-order valence-corrected chi connectivity index (χ0v) is 15.3. The molecule has 1 aliphatic rings. The van der Waals surface area contributed by atoms with Crippen LogP contribution in [0.1, 0.15) is 0 Å². The van der Waals surface area contributed by atoms with E-state index in [9.17, 15) is 10.2 Å². The van der Waals surface area contributed by atoms with Crippen molar-refractivity contribution in [3.63, 3.8) is 0 Å². The summed E-state index contributed by atoms with van der Waals surface area (Å²) in [7, 11) is 0. The molecule has 0 unspecified atom stereocenters. The van der Waals surface area contributed by atoms with Crippen molar-refractivity contribution in [1.82, 2.24) is 15.0 Å². The molecule has 0 aliphatic carbocycles. The molecule has 7 heteroatoms. The van der Waals surface area contributed by atoms with E-state index in [2.05, 4.69) is 9.97 Å². The van der Waals surface area contributed by atoms with Crippen LogP contribution in [0.2, 0.25) is 5.02 Å². The number of hydrogen-bond acceptors (Lipinski definition) is 6. The van der Waals surface area contributed by atoms with E-state index in [1.807, 2.05) is 47.4 Å². The van der Waals surface area contributed by atoms with E-state index < -0.39 is 6.10 Å². The Balaban J connectivity index is 1.79. The smallest absolute Gasteiger partial charge is 0.163 e. The lowest BCUT2D eigenvalue weighted by Gasteiger charge is -2.19. The summed E-state index contributed by atoms with van der Waals surface area (Å²) in [5.41, 5.74) is 2.50. The second-order valence-corrected chi connectivity index (χ2v) is 7.04. The molecule has 0 radical (unpaired) electrons. The zero-order chi connectivity index (χ0) is 18.8. The Bertz CT molecular complexity index is 921. The fourth-order valence-electron chi connectivity index (χ4n) is 3.21. The average molecular weight is 383 g/mol. The van der Waals surface area contributed by atoms with Gasteiger partial charge in [-0.1, -0.05) is 23.7 Å².